The Labute approximate surface area is 230 Å². The Bertz CT molecular complexity index is 1490. The highest BCUT2D eigenvalue weighted by molar-refractivity contribution is 5.83. The lowest BCUT2D eigenvalue weighted by Gasteiger charge is -2.38. The molecule has 40 heavy (non-hydrogen) atoms. The summed E-state index contributed by atoms with van der Waals surface area (Å²) in [7, 11) is 0. The topological polar surface area (TPSA) is 96.3 Å². The average molecular weight is 551 g/mol. The normalized spacial score (nSPS) is 17.1. The van der Waals surface area contributed by atoms with Gasteiger partial charge in [-0.15, -0.1) is 0 Å². The molecule has 1 fully saturated rings. The minimum absolute atomic E-state index is 0.0142. The van der Waals surface area contributed by atoms with Gasteiger partial charge in [0, 0.05) is 19.6 Å². The molecule has 9 nitrogen and oxygen atoms in total. The van der Waals surface area contributed by atoms with E-state index in [1.54, 1.807) is 20.8 Å². The minimum Gasteiger partial charge on any atom is -0.444 e. The van der Waals surface area contributed by atoms with Gasteiger partial charge in [0.1, 0.15) is 23.5 Å². The van der Waals surface area contributed by atoms with Crippen LogP contribution >= 0.6 is 0 Å². The highest BCUT2D eigenvalue weighted by Gasteiger charge is 2.49. The van der Waals surface area contributed by atoms with E-state index >= 15 is 8.78 Å². The molecule has 0 radical (unpaired) electrons. The lowest BCUT2D eigenvalue weighted by Crippen LogP contribution is -2.53. The summed E-state index contributed by atoms with van der Waals surface area (Å²) < 4.78 is 37.4. The lowest BCUT2D eigenvalue weighted by atomic mass is 10.0. The summed E-state index contributed by atoms with van der Waals surface area (Å²) in [6.45, 7) is 5.13. The van der Waals surface area contributed by atoms with Crippen LogP contribution in [0.25, 0.3) is 11.2 Å². The fraction of sp³-hybridized carbons (Fsp3) is 0.379. The number of alkyl halides is 2. The van der Waals surface area contributed by atoms with Gasteiger partial charge >= 0.3 is 11.8 Å². The van der Waals surface area contributed by atoms with Crippen molar-refractivity contribution in [2.75, 3.05) is 18.0 Å². The Kier molecular flexibility index (Phi) is 7.31. The van der Waals surface area contributed by atoms with E-state index in [-0.39, 0.29) is 24.1 Å². The van der Waals surface area contributed by atoms with Crippen molar-refractivity contribution in [2.45, 2.75) is 57.8 Å². The Morgan fingerprint density at radius 2 is 1.65 bits per heavy atom. The maximum absolute atomic E-state index is 15.5. The summed E-state index contributed by atoms with van der Waals surface area (Å²) in [5.41, 5.74) is 0.907. The molecule has 1 amide bonds. The molecule has 11 heteroatoms. The molecule has 2 aromatic heterocycles. The smallest absolute Gasteiger partial charge is 0.410 e. The maximum atomic E-state index is 15.5. The number of rotatable bonds is 6. The number of ether oxygens (including phenoxy) is 1. The fourth-order valence-electron chi connectivity index (χ4n) is 5.00. The Morgan fingerprint density at radius 3 is 2.20 bits per heavy atom. The van der Waals surface area contributed by atoms with Crippen molar-refractivity contribution in [3.8, 4) is 0 Å². The minimum atomic E-state index is -3.40. The number of carbonyl (C=O) groups excluding carboxylic acids is 1. The van der Waals surface area contributed by atoms with E-state index < -0.39 is 35.9 Å². The number of nitrogens with zero attached hydrogens (tertiary/aromatic N) is 5. The Morgan fingerprint density at radius 1 is 1.05 bits per heavy atom. The van der Waals surface area contributed by atoms with Crippen molar-refractivity contribution in [2.24, 2.45) is 0 Å². The van der Waals surface area contributed by atoms with Crippen molar-refractivity contribution in [3.63, 3.8) is 0 Å². The summed E-state index contributed by atoms with van der Waals surface area (Å²) in [5.74, 6) is -2.96. The van der Waals surface area contributed by atoms with Crippen LogP contribution in [0.4, 0.5) is 19.4 Å². The summed E-state index contributed by atoms with van der Waals surface area (Å²) >= 11 is 0. The SMILES string of the molecule is CC(C)(C)OC(=O)N1CC[C@H](n2c(=O)[nH]c3c(N(Cc4ccccc4)Cc4ccccc4)ncnc32)C(F)(F)C1. The van der Waals surface area contributed by atoms with E-state index in [2.05, 4.69) is 15.0 Å². The van der Waals surface area contributed by atoms with Crippen molar-refractivity contribution in [1.29, 1.82) is 0 Å². The van der Waals surface area contributed by atoms with Gasteiger partial charge in [-0.3, -0.25) is 4.57 Å². The Hall–Kier alpha value is -4.28. The Balaban J connectivity index is 1.50. The van der Waals surface area contributed by atoms with E-state index in [0.717, 1.165) is 20.6 Å². The number of aromatic nitrogens is 4. The van der Waals surface area contributed by atoms with Crippen LogP contribution in [0, 0.1) is 0 Å². The number of halogens is 2. The summed E-state index contributed by atoms with van der Waals surface area (Å²) in [6, 6.07) is 18.1. The number of piperidine rings is 1. The molecule has 1 saturated heterocycles. The van der Waals surface area contributed by atoms with Gasteiger partial charge in [-0.25, -0.2) is 28.3 Å². The first-order valence-electron chi connectivity index (χ1n) is 13.2. The highest BCUT2D eigenvalue weighted by Crippen LogP contribution is 2.38. The summed E-state index contributed by atoms with van der Waals surface area (Å²) in [5, 5.41) is 0. The number of nitrogens with one attached hydrogen (secondary N) is 1. The fourth-order valence-corrected chi connectivity index (χ4v) is 5.00. The maximum Gasteiger partial charge on any atom is 0.410 e. The van der Waals surface area contributed by atoms with E-state index in [9.17, 15) is 9.59 Å². The zero-order chi connectivity index (χ0) is 28.5. The second kappa shape index (κ2) is 10.7. The van der Waals surface area contributed by atoms with Crippen molar-refractivity contribution < 1.29 is 18.3 Å². The van der Waals surface area contributed by atoms with Crippen LogP contribution in [0.3, 0.4) is 0 Å². The molecule has 5 rings (SSSR count). The molecule has 0 aliphatic carbocycles. The zero-order valence-electron chi connectivity index (χ0n) is 22.7. The van der Waals surface area contributed by atoms with Crippen LogP contribution in [-0.2, 0) is 17.8 Å². The number of hydrogen-bond donors (Lipinski definition) is 1. The van der Waals surface area contributed by atoms with Crippen molar-refractivity contribution >= 4 is 23.1 Å². The predicted molar refractivity (Wildman–Crippen MR) is 147 cm³/mol. The standard InChI is InChI=1S/C29H32F2N6O3/c1-28(2,3)40-27(39)35-15-14-22(29(30,31)18-35)37-25-23(34-26(37)38)24(32-19-33-25)36(16-20-10-6-4-7-11-20)17-21-12-8-5-9-13-21/h4-13,19,22H,14-18H2,1-3H3,(H,34,38)/t22-/m0/s1. The van der Waals surface area contributed by atoms with Crippen LogP contribution in [-0.4, -0.2) is 55.1 Å². The quantitative estimate of drug-likeness (QED) is 0.357. The number of aromatic amines is 1. The predicted octanol–water partition coefficient (Wildman–Crippen LogP) is 5.14. The van der Waals surface area contributed by atoms with Crippen molar-refractivity contribution in [3.05, 3.63) is 88.6 Å². The molecular weight excluding hydrogens is 518 g/mol. The van der Waals surface area contributed by atoms with E-state index in [1.165, 1.54) is 6.33 Å². The molecule has 0 saturated carbocycles. The van der Waals surface area contributed by atoms with Crippen LogP contribution in [0.2, 0.25) is 0 Å². The summed E-state index contributed by atoms with van der Waals surface area (Å²) in [4.78, 5) is 40.1. The molecule has 1 aliphatic rings. The number of likely N-dealkylation sites (tertiary alicyclic amines) is 1. The second-order valence-corrected chi connectivity index (χ2v) is 11.0. The van der Waals surface area contributed by atoms with Gasteiger partial charge < -0.3 is 19.5 Å². The molecule has 3 heterocycles. The second-order valence-electron chi connectivity index (χ2n) is 11.0. The number of benzene rings is 2. The van der Waals surface area contributed by atoms with Gasteiger partial charge in [0.2, 0.25) is 0 Å². The van der Waals surface area contributed by atoms with E-state index in [1.807, 2.05) is 65.6 Å². The third-order valence-electron chi connectivity index (χ3n) is 6.74. The molecule has 1 N–H and O–H groups in total. The number of fused-ring (bicyclic) bond motifs is 1. The monoisotopic (exact) mass is 550 g/mol. The average Bonchev–Trinajstić information content (AvgIpc) is 3.23. The largest absolute Gasteiger partial charge is 0.444 e. The van der Waals surface area contributed by atoms with Gasteiger partial charge in [0.05, 0.1) is 6.54 Å². The molecule has 0 bridgehead atoms. The number of carbonyl (C=O) groups is 1. The molecule has 0 unspecified atom stereocenters. The van der Waals surface area contributed by atoms with Crippen LogP contribution in [0.5, 0.6) is 0 Å². The molecule has 1 atom stereocenters. The third-order valence-corrected chi connectivity index (χ3v) is 6.74. The van der Waals surface area contributed by atoms with Crippen molar-refractivity contribution in [1.82, 2.24) is 24.4 Å². The molecule has 1 aliphatic heterocycles. The molecule has 2 aromatic carbocycles. The first-order chi connectivity index (χ1) is 19.0. The number of amides is 1. The first kappa shape index (κ1) is 27.3. The number of anilines is 1. The molecule has 4 aromatic rings. The molecular formula is C29H32F2N6O3. The molecule has 0 spiro atoms. The van der Waals surface area contributed by atoms with Crippen LogP contribution in [0.1, 0.15) is 44.4 Å². The van der Waals surface area contributed by atoms with Gasteiger partial charge in [0.25, 0.3) is 5.92 Å². The number of hydrogen-bond acceptors (Lipinski definition) is 6. The number of imidazole rings is 1. The summed E-state index contributed by atoms with van der Waals surface area (Å²) in [6.07, 6.45) is 0.341. The zero-order valence-corrected chi connectivity index (χ0v) is 22.7. The third kappa shape index (κ3) is 5.83. The number of H-pyrrole nitrogens is 1. The van der Waals surface area contributed by atoms with E-state index in [0.29, 0.717) is 18.9 Å². The van der Waals surface area contributed by atoms with Gasteiger partial charge in [-0.1, -0.05) is 60.7 Å². The molecule has 210 valence electrons. The van der Waals surface area contributed by atoms with Gasteiger partial charge in [-0.05, 0) is 38.3 Å². The van der Waals surface area contributed by atoms with Gasteiger partial charge in [-0.2, -0.15) is 0 Å². The highest BCUT2D eigenvalue weighted by atomic mass is 19.3. The van der Waals surface area contributed by atoms with Crippen LogP contribution < -0.4 is 10.6 Å². The lowest BCUT2D eigenvalue weighted by molar-refractivity contribution is -0.103. The first-order valence-corrected chi connectivity index (χ1v) is 13.2. The van der Waals surface area contributed by atoms with E-state index in [4.69, 9.17) is 4.74 Å². The van der Waals surface area contributed by atoms with Crippen LogP contribution in [0.15, 0.2) is 71.8 Å². The van der Waals surface area contributed by atoms with Gasteiger partial charge in [0.15, 0.2) is 11.5 Å².